The van der Waals surface area contributed by atoms with Crippen LogP contribution in [0.5, 0.6) is 0 Å². The molecule has 17 heavy (non-hydrogen) atoms. The predicted octanol–water partition coefficient (Wildman–Crippen LogP) is -0.612. The van der Waals surface area contributed by atoms with Crippen molar-refractivity contribution in [1.29, 1.82) is 0 Å². The van der Waals surface area contributed by atoms with Crippen LogP contribution in [0.1, 0.15) is 26.2 Å². The van der Waals surface area contributed by atoms with E-state index in [1.807, 2.05) is 0 Å². The second-order valence-electron chi connectivity index (χ2n) is 4.49. The quantitative estimate of drug-likeness (QED) is 0.393. The molecule has 0 bridgehead atoms. The van der Waals surface area contributed by atoms with Crippen molar-refractivity contribution in [3.8, 4) is 0 Å². The highest BCUT2D eigenvalue weighted by atomic mass is 16.6. The van der Waals surface area contributed by atoms with Gasteiger partial charge in [-0.1, -0.05) is 0 Å². The van der Waals surface area contributed by atoms with Crippen molar-refractivity contribution < 1.29 is 24.5 Å². The number of rotatable bonds is 8. The molecule has 1 amide bonds. The molecule has 0 spiro atoms. The van der Waals surface area contributed by atoms with E-state index in [4.69, 9.17) is 19.7 Å². The van der Waals surface area contributed by atoms with E-state index in [-0.39, 0.29) is 31.0 Å². The van der Waals surface area contributed by atoms with Crippen molar-refractivity contribution in [3.05, 3.63) is 0 Å². The van der Waals surface area contributed by atoms with Crippen LogP contribution in [0.3, 0.4) is 0 Å². The highest BCUT2D eigenvalue weighted by molar-refractivity contribution is 5.75. The summed E-state index contributed by atoms with van der Waals surface area (Å²) in [7, 11) is 1.65. The molecule has 3 N–H and O–H groups in total. The Balaban J connectivity index is 1.94. The molecule has 6 nitrogen and oxygen atoms in total. The SMILES string of the molecule is COC1CC1OCCNC(=O)CCC(C)(O)O. The predicted molar refractivity (Wildman–Crippen MR) is 60.2 cm³/mol. The number of ether oxygens (including phenoxy) is 2. The zero-order chi connectivity index (χ0) is 12.9. The van der Waals surface area contributed by atoms with Crippen molar-refractivity contribution in [2.24, 2.45) is 0 Å². The second-order valence-corrected chi connectivity index (χ2v) is 4.49. The minimum Gasteiger partial charge on any atom is -0.379 e. The molecule has 1 aliphatic rings. The molecular weight excluding hydrogens is 226 g/mol. The lowest BCUT2D eigenvalue weighted by Crippen LogP contribution is -2.31. The van der Waals surface area contributed by atoms with Gasteiger partial charge in [0.25, 0.3) is 0 Å². The van der Waals surface area contributed by atoms with Crippen LogP contribution in [-0.2, 0) is 14.3 Å². The van der Waals surface area contributed by atoms with E-state index in [9.17, 15) is 4.79 Å². The molecule has 2 unspecified atom stereocenters. The van der Waals surface area contributed by atoms with Gasteiger partial charge in [0, 0.05) is 32.9 Å². The molecule has 0 aromatic heterocycles. The summed E-state index contributed by atoms with van der Waals surface area (Å²) in [5, 5.41) is 20.7. The first kappa shape index (κ1) is 14.4. The van der Waals surface area contributed by atoms with Gasteiger partial charge in [0.1, 0.15) is 0 Å². The molecule has 0 aromatic rings. The molecule has 1 rings (SSSR count). The Bertz CT molecular complexity index is 251. The molecule has 0 radical (unpaired) electrons. The smallest absolute Gasteiger partial charge is 0.220 e. The fourth-order valence-corrected chi connectivity index (χ4v) is 1.41. The Morgan fingerprint density at radius 2 is 2.18 bits per heavy atom. The molecule has 0 aliphatic heterocycles. The fraction of sp³-hybridized carbons (Fsp3) is 0.909. The van der Waals surface area contributed by atoms with Crippen molar-refractivity contribution in [3.63, 3.8) is 0 Å². The second kappa shape index (κ2) is 6.30. The van der Waals surface area contributed by atoms with Gasteiger partial charge in [0.15, 0.2) is 5.79 Å². The standard InChI is InChI=1S/C11H21NO5/c1-11(14,15)4-3-10(13)12-5-6-17-9-7-8(9)16-2/h8-9,14-15H,3-7H2,1-2H3,(H,12,13). The van der Waals surface area contributed by atoms with Crippen LogP contribution in [0.15, 0.2) is 0 Å². The largest absolute Gasteiger partial charge is 0.379 e. The average Bonchev–Trinajstić information content (AvgIpc) is 2.99. The number of carbonyl (C=O) groups is 1. The van der Waals surface area contributed by atoms with Gasteiger partial charge in [-0.2, -0.15) is 0 Å². The molecular formula is C11H21NO5. The Hall–Kier alpha value is -0.690. The maximum absolute atomic E-state index is 11.3. The van der Waals surface area contributed by atoms with Gasteiger partial charge in [-0.15, -0.1) is 0 Å². The summed E-state index contributed by atoms with van der Waals surface area (Å²) in [5.41, 5.74) is 0. The highest BCUT2D eigenvalue weighted by Crippen LogP contribution is 2.27. The molecule has 1 saturated carbocycles. The molecule has 0 heterocycles. The summed E-state index contributed by atoms with van der Waals surface area (Å²) >= 11 is 0. The van der Waals surface area contributed by atoms with Gasteiger partial charge >= 0.3 is 0 Å². The molecule has 100 valence electrons. The molecule has 2 atom stereocenters. The van der Waals surface area contributed by atoms with Gasteiger partial charge in [-0.3, -0.25) is 4.79 Å². The van der Waals surface area contributed by atoms with E-state index in [0.717, 1.165) is 6.42 Å². The molecule has 0 saturated heterocycles. The molecule has 0 aromatic carbocycles. The lowest BCUT2D eigenvalue weighted by Gasteiger charge is -2.14. The Kier molecular flexibility index (Phi) is 5.32. The van der Waals surface area contributed by atoms with E-state index in [1.165, 1.54) is 6.92 Å². The van der Waals surface area contributed by atoms with Crippen molar-refractivity contribution in [1.82, 2.24) is 5.32 Å². The molecule has 1 aliphatic carbocycles. The van der Waals surface area contributed by atoms with Gasteiger partial charge in [-0.25, -0.2) is 0 Å². The number of amides is 1. The van der Waals surface area contributed by atoms with Gasteiger partial charge in [-0.05, 0) is 6.92 Å². The van der Waals surface area contributed by atoms with Gasteiger partial charge in [0.05, 0.1) is 18.8 Å². The van der Waals surface area contributed by atoms with Crippen molar-refractivity contribution in [2.45, 2.75) is 44.2 Å². The highest BCUT2D eigenvalue weighted by Gasteiger charge is 2.38. The first-order valence-corrected chi connectivity index (χ1v) is 5.78. The Morgan fingerprint density at radius 3 is 2.71 bits per heavy atom. The number of methoxy groups -OCH3 is 1. The topological polar surface area (TPSA) is 88.0 Å². The zero-order valence-corrected chi connectivity index (χ0v) is 10.3. The molecule has 6 heteroatoms. The van der Waals surface area contributed by atoms with Crippen LogP contribution in [0.25, 0.3) is 0 Å². The third-order valence-corrected chi connectivity index (χ3v) is 2.56. The van der Waals surface area contributed by atoms with Crippen molar-refractivity contribution in [2.75, 3.05) is 20.3 Å². The van der Waals surface area contributed by atoms with Crippen LogP contribution in [-0.4, -0.2) is 54.4 Å². The van der Waals surface area contributed by atoms with E-state index < -0.39 is 5.79 Å². The van der Waals surface area contributed by atoms with Crippen LogP contribution >= 0.6 is 0 Å². The monoisotopic (exact) mass is 247 g/mol. The number of hydrogen-bond acceptors (Lipinski definition) is 5. The normalized spacial score (nSPS) is 23.5. The Labute approximate surface area is 101 Å². The molecule has 1 fully saturated rings. The van der Waals surface area contributed by atoms with Crippen LogP contribution in [0.2, 0.25) is 0 Å². The maximum atomic E-state index is 11.3. The number of aliphatic hydroxyl groups is 2. The van der Waals surface area contributed by atoms with E-state index >= 15 is 0 Å². The summed E-state index contributed by atoms with van der Waals surface area (Å²) in [6.07, 6.45) is 1.39. The lowest BCUT2D eigenvalue weighted by atomic mass is 10.1. The van der Waals surface area contributed by atoms with Crippen molar-refractivity contribution >= 4 is 5.91 Å². The van der Waals surface area contributed by atoms with E-state index in [2.05, 4.69) is 5.32 Å². The van der Waals surface area contributed by atoms with Crippen LogP contribution < -0.4 is 5.32 Å². The summed E-state index contributed by atoms with van der Waals surface area (Å²) in [4.78, 5) is 11.3. The average molecular weight is 247 g/mol. The minimum absolute atomic E-state index is 0.0219. The van der Waals surface area contributed by atoms with Gasteiger partial charge in [0.2, 0.25) is 5.91 Å². The summed E-state index contributed by atoms with van der Waals surface area (Å²) in [6.45, 7) is 2.13. The van der Waals surface area contributed by atoms with E-state index in [1.54, 1.807) is 7.11 Å². The van der Waals surface area contributed by atoms with Gasteiger partial charge < -0.3 is 25.0 Å². The third kappa shape index (κ3) is 6.58. The zero-order valence-electron chi connectivity index (χ0n) is 10.3. The fourth-order valence-electron chi connectivity index (χ4n) is 1.41. The first-order valence-electron chi connectivity index (χ1n) is 5.78. The first-order chi connectivity index (χ1) is 7.92. The maximum Gasteiger partial charge on any atom is 0.220 e. The number of carbonyl (C=O) groups excluding carboxylic acids is 1. The van der Waals surface area contributed by atoms with Crippen LogP contribution in [0, 0.1) is 0 Å². The van der Waals surface area contributed by atoms with E-state index in [0.29, 0.717) is 13.2 Å². The van der Waals surface area contributed by atoms with Crippen LogP contribution in [0.4, 0.5) is 0 Å². The summed E-state index contributed by atoms with van der Waals surface area (Å²) in [6, 6.07) is 0. The minimum atomic E-state index is -1.78. The third-order valence-electron chi connectivity index (χ3n) is 2.56. The Morgan fingerprint density at radius 1 is 1.47 bits per heavy atom. The lowest BCUT2D eigenvalue weighted by molar-refractivity contribution is -0.154. The number of nitrogens with one attached hydrogen (secondary N) is 1. The summed E-state index contributed by atoms with van der Waals surface area (Å²) < 4.78 is 10.5. The number of hydrogen-bond donors (Lipinski definition) is 3. The summed E-state index contributed by atoms with van der Waals surface area (Å²) in [5.74, 6) is -1.99.